The second kappa shape index (κ2) is 5.44. The standard InChI is InChI=1S/C18H17NO2/c1-2-13(12-20)14-7-9-16(10-8-14)19-11-15-5-3-4-6-17(15)18(19)21/h3-13,21H,2H2,1H3. The van der Waals surface area contributed by atoms with Crippen LogP contribution in [0.4, 0.5) is 0 Å². The van der Waals surface area contributed by atoms with Gasteiger partial charge in [0, 0.05) is 28.6 Å². The van der Waals surface area contributed by atoms with Crippen molar-refractivity contribution < 1.29 is 9.90 Å². The molecule has 0 radical (unpaired) electrons. The van der Waals surface area contributed by atoms with Gasteiger partial charge < -0.3 is 9.90 Å². The molecule has 2 aromatic carbocycles. The minimum absolute atomic E-state index is 0.0589. The third-order valence-electron chi connectivity index (χ3n) is 3.90. The first kappa shape index (κ1) is 13.4. The molecule has 1 heterocycles. The second-order valence-corrected chi connectivity index (χ2v) is 5.15. The van der Waals surface area contributed by atoms with Crippen LogP contribution in [-0.2, 0) is 4.79 Å². The SMILES string of the molecule is CCC(C=O)c1ccc(-n2cc3ccccc3c2O)cc1. The number of aromatic nitrogens is 1. The van der Waals surface area contributed by atoms with Crippen molar-refractivity contribution in [3.8, 4) is 11.6 Å². The van der Waals surface area contributed by atoms with E-state index in [0.29, 0.717) is 0 Å². The number of aldehydes is 1. The van der Waals surface area contributed by atoms with Gasteiger partial charge in [0.15, 0.2) is 0 Å². The van der Waals surface area contributed by atoms with E-state index in [-0.39, 0.29) is 11.8 Å². The molecule has 0 fully saturated rings. The highest BCUT2D eigenvalue weighted by Gasteiger charge is 2.11. The summed E-state index contributed by atoms with van der Waals surface area (Å²) < 4.78 is 1.76. The molecule has 1 unspecified atom stereocenters. The fourth-order valence-corrected chi connectivity index (χ4v) is 2.63. The van der Waals surface area contributed by atoms with Crippen molar-refractivity contribution >= 4 is 17.1 Å². The van der Waals surface area contributed by atoms with Crippen molar-refractivity contribution in [2.75, 3.05) is 0 Å². The lowest BCUT2D eigenvalue weighted by atomic mass is 9.98. The van der Waals surface area contributed by atoms with Crippen LogP contribution >= 0.6 is 0 Å². The summed E-state index contributed by atoms with van der Waals surface area (Å²) in [4.78, 5) is 11.0. The molecular formula is C18H17NO2. The van der Waals surface area contributed by atoms with Crippen LogP contribution in [0.3, 0.4) is 0 Å². The smallest absolute Gasteiger partial charge is 0.203 e. The molecule has 3 heteroatoms. The summed E-state index contributed by atoms with van der Waals surface area (Å²) in [5, 5.41) is 12.2. The quantitative estimate of drug-likeness (QED) is 0.733. The van der Waals surface area contributed by atoms with Gasteiger partial charge in [-0.1, -0.05) is 37.3 Å². The Bertz CT molecular complexity index is 772. The van der Waals surface area contributed by atoms with E-state index in [2.05, 4.69) is 0 Å². The van der Waals surface area contributed by atoms with Crippen LogP contribution in [0.5, 0.6) is 5.88 Å². The Morgan fingerprint density at radius 1 is 1.14 bits per heavy atom. The third kappa shape index (κ3) is 2.31. The fourth-order valence-electron chi connectivity index (χ4n) is 2.63. The van der Waals surface area contributed by atoms with Crippen molar-refractivity contribution in [3.63, 3.8) is 0 Å². The van der Waals surface area contributed by atoms with Gasteiger partial charge in [0.05, 0.1) is 0 Å². The Morgan fingerprint density at radius 3 is 2.48 bits per heavy atom. The van der Waals surface area contributed by atoms with Gasteiger partial charge in [-0.25, -0.2) is 0 Å². The summed E-state index contributed by atoms with van der Waals surface area (Å²) in [6, 6.07) is 15.5. The Kier molecular flexibility index (Phi) is 3.48. The zero-order valence-electron chi connectivity index (χ0n) is 11.9. The molecule has 0 aliphatic carbocycles. The second-order valence-electron chi connectivity index (χ2n) is 5.15. The molecule has 3 nitrogen and oxygen atoms in total. The van der Waals surface area contributed by atoms with Gasteiger partial charge in [-0.15, -0.1) is 0 Å². The molecule has 1 aromatic heterocycles. The minimum atomic E-state index is -0.0589. The maximum Gasteiger partial charge on any atom is 0.203 e. The first-order chi connectivity index (χ1) is 10.2. The van der Waals surface area contributed by atoms with Gasteiger partial charge in [-0.3, -0.25) is 4.57 Å². The van der Waals surface area contributed by atoms with Crippen LogP contribution in [0.15, 0.2) is 54.7 Å². The molecule has 3 aromatic rings. The summed E-state index contributed by atoms with van der Waals surface area (Å²) >= 11 is 0. The number of nitrogens with zero attached hydrogens (tertiary/aromatic N) is 1. The molecule has 3 rings (SSSR count). The molecule has 1 N–H and O–H groups in total. The van der Waals surface area contributed by atoms with Crippen LogP contribution in [0.25, 0.3) is 16.5 Å². The van der Waals surface area contributed by atoms with Crippen LogP contribution < -0.4 is 0 Å². The summed E-state index contributed by atoms with van der Waals surface area (Å²) in [5.41, 5.74) is 1.89. The largest absolute Gasteiger partial charge is 0.494 e. The van der Waals surface area contributed by atoms with Crippen molar-refractivity contribution in [2.45, 2.75) is 19.3 Å². The lowest BCUT2D eigenvalue weighted by Crippen LogP contribution is -1.99. The number of benzene rings is 2. The van der Waals surface area contributed by atoms with Gasteiger partial charge in [0.1, 0.15) is 6.29 Å². The van der Waals surface area contributed by atoms with Gasteiger partial charge in [0.25, 0.3) is 0 Å². The van der Waals surface area contributed by atoms with E-state index in [1.807, 2.05) is 61.7 Å². The third-order valence-corrected chi connectivity index (χ3v) is 3.90. The minimum Gasteiger partial charge on any atom is -0.494 e. The van der Waals surface area contributed by atoms with Crippen LogP contribution in [-0.4, -0.2) is 16.0 Å². The van der Waals surface area contributed by atoms with E-state index in [4.69, 9.17) is 0 Å². The van der Waals surface area contributed by atoms with Crippen molar-refractivity contribution in [1.29, 1.82) is 0 Å². The predicted octanol–water partition coefficient (Wildman–Crippen LogP) is 4.03. The van der Waals surface area contributed by atoms with Crippen LogP contribution in [0, 0.1) is 0 Å². The highest BCUT2D eigenvalue weighted by molar-refractivity contribution is 5.88. The van der Waals surface area contributed by atoms with Gasteiger partial charge in [-0.05, 0) is 30.2 Å². The molecule has 0 aliphatic rings. The van der Waals surface area contributed by atoms with E-state index in [1.165, 1.54) is 0 Å². The molecule has 21 heavy (non-hydrogen) atoms. The average molecular weight is 279 g/mol. The number of hydrogen-bond donors (Lipinski definition) is 1. The zero-order chi connectivity index (χ0) is 14.8. The first-order valence-electron chi connectivity index (χ1n) is 7.09. The normalized spacial score (nSPS) is 12.4. The van der Waals surface area contributed by atoms with Crippen molar-refractivity contribution in [2.24, 2.45) is 0 Å². The summed E-state index contributed by atoms with van der Waals surface area (Å²) in [6.07, 6.45) is 3.69. The van der Waals surface area contributed by atoms with E-state index >= 15 is 0 Å². The average Bonchev–Trinajstić information content (AvgIpc) is 2.87. The molecule has 1 atom stereocenters. The molecule has 0 saturated heterocycles. The highest BCUT2D eigenvalue weighted by Crippen LogP contribution is 2.30. The fraction of sp³-hybridized carbons (Fsp3) is 0.167. The molecule has 106 valence electrons. The maximum atomic E-state index is 11.0. The molecule has 0 bridgehead atoms. The summed E-state index contributed by atoms with van der Waals surface area (Å²) in [5.74, 6) is 0.178. The van der Waals surface area contributed by atoms with Gasteiger partial charge in [0.2, 0.25) is 5.88 Å². The topological polar surface area (TPSA) is 42.2 Å². The molecular weight excluding hydrogens is 262 g/mol. The monoisotopic (exact) mass is 279 g/mol. The molecule has 0 aliphatic heterocycles. The lowest BCUT2D eigenvalue weighted by molar-refractivity contribution is -0.109. The Balaban J connectivity index is 2.03. The molecule has 0 amide bonds. The molecule has 0 spiro atoms. The van der Waals surface area contributed by atoms with Crippen molar-refractivity contribution in [3.05, 3.63) is 60.3 Å². The van der Waals surface area contributed by atoms with Crippen LogP contribution in [0.2, 0.25) is 0 Å². The summed E-state index contributed by atoms with van der Waals surface area (Å²) in [7, 11) is 0. The number of fused-ring (bicyclic) bond motifs is 1. The van der Waals surface area contributed by atoms with E-state index in [9.17, 15) is 9.90 Å². The number of carbonyl (C=O) groups is 1. The lowest BCUT2D eigenvalue weighted by Gasteiger charge is -2.10. The van der Waals surface area contributed by atoms with E-state index in [1.54, 1.807) is 4.57 Å². The van der Waals surface area contributed by atoms with Gasteiger partial charge >= 0.3 is 0 Å². The first-order valence-corrected chi connectivity index (χ1v) is 7.09. The Labute approximate surface area is 123 Å². The molecule has 0 saturated carbocycles. The van der Waals surface area contributed by atoms with Crippen molar-refractivity contribution in [1.82, 2.24) is 4.57 Å². The predicted molar refractivity (Wildman–Crippen MR) is 84.0 cm³/mol. The highest BCUT2D eigenvalue weighted by atomic mass is 16.3. The Hall–Kier alpha value is -2.55. The zero-order valence-corrected chi connectivity index (χ0v) is 11.9. The number of aromatic hydroxyl groups is 1. The van der Waals surface area contributed by atoms with E-state index < -0.39 is 0 Å². The maximum absolute atomic E-state index is 11.0. The number of carbonyl (C=O) groups excluding carboxylic acids is 1. The van der Waals surface area contributed by atoms with E-state index in [0.717, 1.165) is 34.7 Å². The number of hydrogen-bond acceptors (Lipinski definition) is 2. The summed E-state index contributed by atoms with van der Waals surface area (Å²) in [6.45, 7) is 2.00. The van der Waals surface area contributed by atoms with Crippen LogP contribution in [0.1, 0.15) is 24.8 Å². The van der Waals surface area contributed by atoms with Gasteiger partial charge in [-0.2, -0.15) is 0 Å². The number of rotatable bonds is 4. The Morgan fingerprint density at radius 2 is 1.86 bits per heavy atom.